The molecule has 0 bridgehead atoms. The topological polar surface area (TPSA) is 0 Å². The summed E-state index contributed by atoms with van der Waals surface area (Å²) in [4.78, 5) is 0. The van der Waals surface area contributed by atoms with E-state index in [4.69, 9.17) is 0 Å². The van der Waals surface area contributed by atoms with Gasteiger partial charge >= 0.3 is 0 Å². The van der Waals surface area contributed by atoms with Gasteiger partial charge in [0.15, 0.2) is 23.3 Å². The first-order valence-electron chi connectivity index (χ1n) is 16.0. The normalized spacial score (nSPS) is 22.4. The number of allylic oxidation sites excluding steroid dienone is 2. The van der Waals surface area contributed by atoms with Gasteiger partial charge in [0, 0.05) is 11.1 Å². The number of fused-ring (bicyclic) bond motifs is 1. The van der Waals surface area contributed by atoms with Crippen molar-refractivity contribution in [1.29, 1.82) is 0 Å². The fraction of sp³-hybridized carbons (Fsp3) is 0.474. The van der Waals surface area contributed by atoms with Crippen LogP contribution < -0.4 is 0 Å². The molecule has 224 valence electrons. The molecular formula is C38H44F4. The van der Waals surface area contributed by atoms with Crippen molar-refractivity contribution < 1.29 is 17.6 Å². The van der Waals surface area contributed by atoms with Crippen LogP contribution in [0.25, 0.3) is 11.1 Å². The molecule has 4 heteroatoms. The van der Waals surface area contributed by atoms with E-state index in [0.29, 0.717) is 36.7 Å². The summed E-state index contributed by atoms with van der Waals surface area (Å²) in [6.45, 7) is 4.08. The lowest BCUT2D eigenvalue weighted by Gasteiger charge is -2.42. The summed E-state index contributed by atoms with van der Waals surface area (Å²) in [5.74, 6) is -1.51. The van der Waals surface area contributed by atoms with Gasteiger partial charge in [0.25, 0.3) is 0 Å². The zero-order valence-electron chi connectivity index (χ0n) is 25.1. The SMILES string of the molecule is C/C=C/CCc1ccc(-c2ccc(CCC3CCC4CC(c5ccc(CCC)cc5)CCC4C3)c(F)c2F)c(F)c1F. The molecular weight excluding hydrogens is 532 g/mol. The van der Waals surface area contributed by atoms with Crippen LogP contribution in [0.2, 0.25) is 0 Å². The van der Waals surface area contributed by atoms with E-state index in [1.807, 2.05) is 19.1 Å². The molecule has 2 saturated carbocycles. The van der Waals surface area contributed by atoms with Crippen LogP contribution in [0.3, 0.4) is 0 Å². The third-order valence-electron chi connectivity index (χ3n) is 9.96. The summed E-state index contributed by atoms with van der Waals surface area (Å²) in [7, 11) is 0. The number of halogens is 4. The van der Waals surface area contributed by atoms with E-state index in [9.17, 15) is 8.78 Å². The first kappa shape index (κ1) is 30.6. The van der Waals surface area contributed by atoms with Crippen molar-refractivity contribution in [2.75, 3.05) is 0 Å². The van der Waals surface area contributed by atoms with E-state index >= 15 is 8.78 Å². The van der Waals surface area contributed by atoms with Crippen LogP contribution in [0.5, 0.6) is 0 Å². The predicted molar refractivity (Wildman–Crippen MR) is 165 cm³/mol. The van der Waals surface area contributed by atoms with Crippen LogP contribution in [-0.4, -0.2) is 0 Å². The largest absolute Gasteiger partial charge is 0.203 e. The molecule has 2 fully saturated rings. The maximum atomic E-state index is 15.2. The van der Waals surface area contributed by atoms with Crippen LogP contribution >= 0.6 is 0 Å². The molecule has 42 heavy (non-hydrogen) atoms. The fourth-order valence-corrected chi connectivity index (χ4v) is 7.54. The first-order chi connectivity index (χ1) is 20.4. The smallest absolute Gasteiger partial charge is 0.167 e. The molecule has 0 N–H and O–H groups in total. The molecule has 0 saturated heterocycles. The monoisotopic (exact) mass is 576 g/mol. The minimum Gasteiger partial charge on any atom is -0.203 e. The zero-order valence-corrected chi connectivity index (χ0v) is 25.1. The Morgan fingerprint density at radius 3 is 1.93 bits per heavy atom. The highest BCUT2D eigenvalue weighted by Gasteiger charge is 2.36. The van der Waals surface area contributed by atoms with E-state index in [1.54, 1.807) is 6.07 Å². The van der Waals surface area contributed by atoms with Gasteiger partial charge in [-0.3, -0.25) is 0 Å². The van der Waals surface area contributed by atoms with Crippen molar-refractivity contribution >= 4 is 0 Å². The zero-order chi connectivity index (χ0) is 29.6. The Morgan fingerprint density at radius 2 is 1.29 bits per heavy atom. The molecule has 0 amide bonds. The van der Waals surface area contributed by atoms with Crippen molar-refractivity contribution in [2.24, 2.45) is 17.8 Å². The summed E-state index contributed by atoms with van der Waals surface area (Å²) in [5, 5.41) is 0. The highest BCUT2D eigenvalue weighted by molar-refractivity contribution is 5.66. The average molecular weight is 577 g/mol. The quantitative estimate of drug-likeness (QED) is 0.166. The molecule has 3 aromatic carbocycles. The Morgan fingerprint density at radius 1 is 0.667 bits per heavy atom. The van der Waals surface area contributed by atoms with Gasteiger partial charge in [-0.15, -0.1) is 0 Å². The van der Waals surface area contributed by atoms with Gasteiger partial charge in [-0.1, -0.05) is 80.4 Å². The molecule has 0 aliphatic heterocycles. The van der Waals surface area contributed by atoms with E-state index < -0.39 is 23.3 Å². The van der Waals surface area contributed by atoms with Gasteiger partial charge in [-0.2, -0.15) is 0 Å². The van der Waals surface area contributed by atoms with Gasteiger partial charge in [-0.05, 0) is 117 Å². The van der Waals surface area contributed by atoms with Crippen LogP contribution in [0.1, 0.15) is 99.8 Å². The lowest BCUT2D eigenvalue weighted by atomic mass is 9.63. The second-order valence-electron chi connectivity index (χ2n) is 12.6. The lowest BCUT2D eigenvalue weighted by molar-refractivity contribution is 0.114. The summed E-state index contributed by atoms with van der Waals surface area (Å²) in [6.07, 6.45) is 15.5. The number of hydrogen-bond donors (Lipinski definition) is 0. The Balaban J connectivity index is 1.17. The van der Waals surface area contributed by atoms with Crippen LogP contribution in [0.15, 0.2) is 60.7 Å². The minimum atomic E-state index is -1.13. The molecule has 3 aromatic rings. The average Bonchev–Trinajstić information content (AvgIpc) is 3.01. The minimum absolute atomic E-state index is 0.232. The highest BCUT2D eigenvalue weighted by atomic mass is 19.2. The van der Waals surface area contributed by atoms with Crippen molar-refractivity contribution in [3.05, 3.63) is 106 Å². The van der Waals surface area contributed by atoms with Gasteiger partial charge in [-0.25, -0.2) is 17.6 Å². The molecule has 0 heterocycles. The summed E-state index contributed by atoms with van der Waals surface area (Å²) in [5.41, 5.74) is 2.99. The maximum absolute atomic E-state index is 15.2. The number of rotatable bonds is 10. The van der Waals surface area contributed by atoms with Crippen molar-refractivity contribution in [3.63, 3.8) is 0 Å². The molecule has 0 nitrogen and oxygen atoms in total. The Kier molecular flexibility index (Phi) is 10.2. The predicted octanol–water partition coefficient (Wildman–Crippen LogP) is 11.3. The third-order valence-corrected chi connectivity index (χ3v) is 9.96. The summed E-state index contributed by atoms with van der Waals surface area (Å²) >= 11 is 0. The van der Waals surface area contributed by atoms with E-state index in [-0.39, 0.29) is 16.7 Å². The summed E-state index contributed by atoms with van der Waals surface area (Å²) < 4.78 is 59.9. The van der Waals surface area contributed by atoms with E-state index in [0.717, 1.165) is 31.1 Å². The molecule has 0 radical (unpaired) electrons. The molecule has 0 aromatic heterocycles. The van der Waals surface area contributed by atoms with Crippen LogP contribution in [0.4, 0.5) is 17.6 Å². The maximum Gasteiger partial charge on any atom is 0.167 e. The Labute approximate surface area is 249 Å². The fourth-order valence-electron chi connectivity index (χ4n) is 7.54. The molecule has 4 unspecified atom stereocenters. The molecule has 0 spiro atoms. The third kappa shape index (κ3) is 6.84. The molecule has 5 rings (SSSR count). The number of hydrogen-bond acceptors (Lipinski definition) is 0. The standard InChI is InChI=1S/C38H44F4/c1-3-5-6-8-28-19-21-33(37(41)35(28)39)34-22-20-29(36(40)38(34)42)15-11-26-12-16-32-24-31(18-17-30(32)23-26)27-13-9-25(7-4-2)10-14-27/h3,5,9-10,13-14,19-22,26,30-32H,4,6-8,11-12,15-18,23-24H2,1-2H3/b5-3+. The van der Waals surface area contributed by atoms with E-state index in [2.05, 4.69) is 31.2 Å². The van der Waals surface area contributed by atoms with Crippen LogP contribution in [-0.2, 0) is 19.3 Å². The molecule has 2 aliphatic rings. The summed E-state index contributed by atoms with van der Waals surface area (Å²) in [6, 6.07) is 15.1. The van der Waals surface area contributed by atoms with Crippen molar-refractivity contribution in [3.8, 4) is 11.1 Å². The van der Waals surface area contributed by atoms with Gasteiger partial charge in [0.1, 0.15) is 0 Å². The highest BCUT2D eigenvalue weighted by Crippen LogP contribution is 2.48. The lowest BCUT2D eigenvalue weighted by Crippen LogP contribution is -2.30. The molecule has 2 aliphatic carbocycles. The van der Waals surface area contributed by atoms with Crippen molar-refractivity contribution in [1.82, 2.24) is 0 Å². The second-order valence-corrected chi connectivity index (χ2v) is 12.6. The Hall–Kier alpha value is -2.88. The molecule has 4 atom stereocenters. The number of aryl methyl sites for hydroxylation is 3. The van der Waals surface area contributed by atoms with Crippen molar-refractivity contribution in [2.45, 2.75) is 96.8 Å². The van der Waals surface area contributed by atoms with Gasteiger partial charge in [0.2, 0.25) is 0 Å². The number of benzene rings is 3. The first-order valence-corrected chi connectivity index (χ1v) is 16.0. The Bertz CT molecular complexity index is 1370. The van der Waals surface area contributed by atoms with Gasteiger partial charge < -0.3 is 0 Å². The second kappa shape index (κ2) is 14.1. The van der Waals surface area contributed by atoms with E-state index in [1.165, 1.54) is 67.9 Å². The van der Waals surface area contributed by atoms with Gasteiger partial charge in [0.05, 0.1) is 0 Å². The van der Waals surface area contributed by atoms with Crippen LogP contribution in [0, 0.1) is 41.0 Å².